The van der Waals surface area contributed by atoms with Gasteiger partial charge in [-0.1, -0.05) is 38.3 Å². The number of amides is 1. The van der Waals surface area contributed by atoms with E-state index in [1.54, 1.807) is 0 Å². The maximum Gasteiger partial charge on any atom is 0.241 e. The molecule has 2 rings (SSSR count). The molecule has 1 amide bonds. The summed E-state index contributed by atoms with van der Waals surface area (Å²) in [6.45, 7) is 2.67. The van der Waals surface area contributed by atoms with Gasteiger partial charge in [-0.15, -0.1) is 0 Å². The minimum Gasteiger partial charge on any atom is -0.374 e. The Bertz CT molecular complexity index is 439. The van der Waals surface area contributed by atoms with Crippen molar-refractivity contribution >= 4 is 11.6 Å². The predicted molar refractivity (Wildman–Crippen MR) is 85.0 cm³/mol. The van der Waals surface area contributed by atoms with E-state index in [4.69, 9.17) is 10.5 Å². The molecule has 0 spiro atoms. The fourth-order valence-corrected chi connectivity index (χ4v) is 2.63. The van der Waals surface area contributed by atoms with E-state index in [1.807, 2.05) is 31.2 Å². The van der Waals surface area contributed by atoms with E-state index in [2.05, 4.69) is 5.32 Å². The van der Waals surface area contributed by atoms with Crippen LogP contribution in [0, 0.1) is 0 Å². The summed E-state index contributed by atoms with van der Waals surface area (Å²) in [6.07, 6.45) is 6.98. The van der Waals surface area contributed by atoms with Crippen molar-refractivity contribution in [1.82, 2.24) is 0 Å². The van der Waals surface area contributed by atoms with Crippen LogP contribution < -0.4 is 11.1 Å². The molecule has 1 fully saturated rings. The Morgan fingerprint density at radius 2 is 2.00 bits per heavy atom. The van der Waals surface area contributed by atoms with Crippen LogP contribution in [-0.4, -0.2) is 18.1 Å². The van der Waals surface area contributed by atoms with Crippen LogP contribution in [0.3, 0.4) is 0 Å². The predicted octanol–water partition coefficient (Wildman–Crippen LogP) is 3.21. The summed E-state index contributed by atoms with van der Waals surface area (Å²) < 4.78 is 5.87. The molecule has 1 atom stereocenters. The van der Waals surface area contributed by atoms with E-state index in [9.17, 15) is 4.79 Å². The van der Waals surface area contributed by atoms with Gasteiger partial charge in [0.25, 0.3) is 0 Å². The number of ether oxygens (including phenoxy) is 1. The molecule has 1 aliphatic carbocycles. The van der Waals surface area contributed by atoms with Crippen molar-refractivity contribution in [3.05, 3.63) is 29.8 Å². The number of nitrogens with one attached hydrogen (secondary N) is 1. The van der Waals surface area contributed by atoms with Crippen molar-refractivity contribution in [3.8, 4) is 0 Å². The number of carbonyl (C=O) groups excluding carboxylic acids is 1. The topological polar surface area (TPSA) is 64.4 Å². The summed E-state index contributed by atoms with van der Waals surface area (Å²) in [5.41, 5.74) is 7.72. The fraction of sp³-hybridized carbons (Fsp3) is 0.588. The van der Waals surface area contributed by atoms with Crippen molar-refractivity contribution in [2.75, 3.05) is 5.32 Å². The van der Waals surface area contributed by atoms with Crippen LogP contribution in [0.2, 0.25) is 0 Å². The fourth-order valence-electron chi connectivity index (χ4n) is 2.63. The number of nitrogens with two attached hydrogens (primary N) is 1. The molecule has 1 saturated carbocycles. The van der Waals surface area contributed by atoms with Gasteiger partial charge in [-0.05, 0) is 37.0 Å². The number of benzene rings is 1. The van der Waals surface area contributed by atoms with Gasteiger partial charge < -0.3 is 15.8 Å². The normalized spacial score (nSPS) is 16.9. The monoisotopic (exact) mass is 290 g/mol. The standard InChI is InChI=1S/C17H26N2O2/c1-2-5-16(18)17(20)19-14-10-8-13(9-11-14)12-21-15-6-3-4-7-15/h8-11,15-16H,2-7,12,18H2,1H3,(H,19,20). The molecule has 1 unspecified atom stereocenters. The molecule has 1 aliphatic rings. The minimum absolute atomic E-state index is 0.119. The van der Waals surface area contributed by atoms with Gasteiger partial charge in [0.2, 0.25) is 5.91 Å². The Morgan fingerprint density at radius 1 is 1.33 bits per heavy atom. The van der Waals surface area contributed by atoms with Crippen molar-refractivity contribution in [2.45, 2.75) is 64.2 Å². The van der Waals surface area contributed by atoms with E-state index < -0.39 is 6.04 Å². The highest BCUT2D eigenvalue weighted by molar-refractivity contribution is 5.94. The molecule has 21 heavy (non-hydrogen) atoms. The first-order valence-electron chi connectivity index (χ1n) is 7.96. The molecule has 3 N–H and O–H groups in total. The number of rotatable bonds is 7. The Balaban J connectivity index is 1.79. The maximum absolute atomic E-state index is 11.8. The molecule has 0 aliphatic heterocycles. The Hall–Kier alpha value is -1.39. The van der Waals surface area contributed by atoms with E-state index in [-0.39, 0.29) is 5.91 Å². The zero-order valence-electron chi connectivity index (χ0n) is 12.8. The largest absolute Gasteiger partial charge is 0.374 e. The molecule has 0 saturated heterocycles. The van der Waals surface area contributed by atoms with Gasteiger partial charge in [0.05, 0.1) is 18.8 Å². The van der Waals surface area contributed by atoms with E-state index in [0.717, 1.165) is 17.7 Å². The van der Waals surface area contributed by atoms with Gasteiger partial charge in [0.15, 0.2) is 0 Å². The number of anilines is 1. The summed E-state index contributed by atoms with van der Waals surface area (Å²) in [7, 11) is 0. The van der Waals surface area contributed by atoms with Crippen LogP contribution in [0.15, 0.2) is 24.3 Å². The molecule has 1 aromatic rings. The van der Waals surface area contributed by atoms with Gasteiger partial charge >= 0.3 is 0 Å². The Morgan fingerprint density at radius 3 is 2.62 bits per heavy atom. The van der Waals surface area contributed by atoms with Crippen LogP contribution in [0.4, 0.5) is 5.69 Å². The molecule has 0 heterocycles. The lowest BCUT2D eigenvalue weighted by Gasteiger charge is -2.13. The van der Waals surface area contributed by atoms with E-state index in [0.29, 0.717) is 19.1 Å². The number of hydrogen-bond acceptors (Lipinski definition) is 3. The maximum atomic E-state index is 11.8. The van der Waals surface area contributed by atoms with Crippen LogP contribution >= 0.6 is 0 Å². The van der Waals surface area contributed by atoms with Crippen molar-refractivity contribution in [2.24, 2.45) is 5.73 Å². The van der Waals surface area contributed by atoms with Crippen molar-refractivity contribution in [1.29, 1.82) is 0 Å². The molecule has 4 nitrogen and oxygen atoms in total. The van der Waals surface area contributed by atoms with Gasteiger partial charge in [-0.2, -0.15) is 0 Å². The van der Waals surface area contributed by atoms with Gasteiger partial charge in [0.1, 0.15) is 0 Å². The molecular formula is C17H26N2O2. The van der Waals surface area contributed by atoms with E-state index >= 15 is 0 Å². The Kier molecular flexibility index (Phi) is 6.21. The third kappa shape index (κ3) is 5.14. The molecular weight excluding hydrogens is 264 g/mol. The first kappa shape index (κ1) is 16.0. The summed E-state index contributed by atoms with van der Waals surface area (Å²) in [6, 6.07) is 7.37. The first-order valence-corrected chi connectivity index (χ1v) is 7.96. The van der Waals surface area contributed by atoms with Gasteiger partial charge in [-0.3, -0.25) is 4.79 Å². The minimum atomic E-state index is -0.430. The van der Waals surface area contributed by atoms with Crippen molar-refractivity contribution < 1.29 is 9.53 Å². The second kappa shape index (κ2) is 8.15. The molecule has 0 bridgehead atoms. The summed E-state index contributed by atoms with van der Waals surface area (Å²) in [5.74, 6) is -0.119. The highest BCUT2D eigenvalue weighted by Crippen LogP contribution is 2.22. The third-order valence-corrected chi connectivity index (χ3v) is 3.95. The quantitative estimate of drug-likeness (QED) is 0.810. The highest BCUT2D eigenvalue weighted by atomic mass is 16.5. The van der Waals surface area contributed by atoms with E-state index in [1.165, 1.54) is 25.7 Å². The zero-order valence-corrected chi connectivity index (χ0v) is 12.8. The van der Waals surface area contributed by atoms with Gasteiger partial charge in [0, 0.05) is 5.69 Å². The number of hydrogen-bond donors (Lipinski definition) is 2. The summed E-state index contributed by atoms with van der Waals surface area (Å²) >= 11 is 0. The smallest absolute Gasteiger partial charge is 0.241 e. The molecule has 1 aromatic carbocycles. The van der Waals surface area contributed by atoms with Crippen LogP contribution in [-0.2, 0) is 16.1 Å². The van der Waals surface area contributed by atoms with Crippen LogP contribution in [0.5, 0.6) is 0 Å². The first-order chi connectivity index (χ1) is 10.2. The molecule has 0 radical (unpaired) electrons. The average Bonchev–Trinajstić information content (AvgIpc) is 3.00. The zero-order chi connectivity index (χ0) is 15.1. The lowest BCUT2D eigenvalue weighted by Crippen LogP contribution is -2.35. The third-order valence-electron chi connectivity index (χ3n) is 3.95. The Labute approximate surface area is 127 Å². The lowest BCUT2D eigenvalue weighted by atomic mass is 10.1. The van der Waals surface area contributed by atoms with Crippen molar-refractivity contribution in [3.63, 3.8) is 0 Å². The highest BCUT2D eigenvalue weighted by Gasteiger charge is 2.15. The molecule has 4 heteroatoms. The second-order valence-electron chi connectivity index (χ2n) is 5.80. The molecule has 0 aromatic heterocycles. The molecule has 116 valence electrons. The number of carbonyl (C=O) groups is 1. The lowest BCUT2D eigenvalue weighted by molar-refractivity contribution is -0.117. The van der Waals surface area contributed by atoms with Crippen LogP contribution in [0.25, 0.3) is 0 Å². The average molecular weight is 290 g/mol. The second-order valence-corrected chi connectivity index (χ2v) is 5.80. The SMILES string of the molecule is CCCC(N)C(=O)Nc1ccc(COC2CCCC2)cc1. The van der Waals surface area contributed by atoms with Crippen LogP contribution in [0.1, 0.15) is 51.0 Å². The summed E-state index contributed by atoms with van der Waals surface area (Å²) in [4.78, 5) is 11.8. The van der Waals surface area contributed by atoms with Gasteiger partial charge in [-0.25, -0.2) is 0 Å². The summed E-state index contributed by atoms with van der Waals surface area (Å²) in [5, 5.41) is 2.85.